The van der Waals surface area contributed by atoms with E-state index in [9.17, 15) is 19.1 Å². The highest BCUT2D eigenvalue weighted by atomic mass is 31.2. The first kappa shape index (κ1) is 19.0. The van der Waals surface area contributed by atoms with Crippen LogP contribution in [0.3, 0.4) is 0 Å². The number of rotatable bonds is 4. The summed E-state index contributed by atoms with van der Waals surface area (Å²) in [6.45, 7) is 5.98. The van der Waals surface area contributed by atoms with E-state index < -0.39 is 31.8 Å². The lowest BCUT2D eigenvalue weighted by Gasteiger charge is -2.26. The van der Waals surface area contributed by atoms with E-state index in [1.54, 1.807) is 0 Å². The summed E-state index contributed by atoms with van der Waals surface area (Å²) in [5.41, 5.74) is 5.32. The van der Waals surface area contributed by atoms with Gasteiger partial charge in [-0.3, -0.25) is 18.9 Å². The minimum atomic E-state index is -4.68. The van der Waals surface area contributed by atoms with Crippen molar-refractivity contribution in [3.63, 3.8) is 0 Å². The number of aromatic nitrogens is 4. The number of nitrogens with zero attached hydrogens (tertiary/aromatic N) is 3. The Morgan fingerprint density at radius 2 is 2.19 bits per heavy atom. The van der Waals surface area contributed by atoms with Crippen LogP contribution in [-0.2, 0) is 13.8 Å². The van der Waals surface area contributed by atoms with Crippen molar-refractivity contribution in [1.29, 1.82) is 0 Å². The fourth-order valence-corrected chi connectivity index (χ4v) is 3.67. The number of nitrogens with one attached hydrogen (secondary N) is 1. The summed E-state index contributed by atoms with van der Waals surface area (Å²) in [6, 6.07) is 0. The third-order valence-electron chi connectivity index (χ3n) is 4.03. The molecule has 2 aromatic heterocycles. The van der Waals surface area contributed by atoms with Gasteiger partial charge in [-0.2, -0.15) is 4.98 Å². The average molecular weight is 387 g/mol. The van der Waals surface area contributed by atoms with Crippen molar-refractivity contribution in [3.8, 4) is 0 Å². The Labute approximate surface area is 148 Å². The Kier molecular flexibility index (Phi) is 4.70. The molecule has 0 bridgehead atoms. The molecule has 144 valence electrons. The maximum absolute atomic E-state index is 11.9. The summed E-state index contributed by atoms with van der Waals surface area (Å²) in [5, 5.41) is 0. The van der Waals surface area contributed by atoms with Crippen LogP contribution in [0.1, 0.15) is 39.8 Å². The zero-order chi connectivity index (χ0) is 19.3. The van der Waals surface area contributed by atoms with Gasteiger partial charge in [0, 0.05) is 6.42 Å². The van der Waals surface area contributed by atoms with Crippen molar-refractivity contribution < 1.29 is 23.6 Å². The second kappa shape index (κ2) is 6.43. The zero-order valence-corrected chi connectivity index (χ0v) is 15.5. The lowest BCUT2D eigenvalue weighted by Crippen LogP contribution is -2.28. The van der Waals surface area contributed by atoms with Crippen molar-refractivity contribution in [2.24, 2.45) is 5.41 Å². The molecule has 0 radical (unpaired) electrons. The molecule has 0 saturated carbocycles. The summed E-state index contributed by atoms with van der Waals surface area (Å²) in [4.78, 5) is 40.8. The third kappa shape index (κ3) is 4.13. The first-order valence-electron chi connectivity index (χ1n) is 8.05. The number of anilines is 1. The summed E-state index contributed by atoms with van der Waals surface area (Å²) in [5.74, 6) is -0.0588. The van der Waals surface area contributed by atoms with Crippen LogP contribution in [0.15, 0.2) is 11.1 Å². The Bertz CT molecular complexity index is 913. The molecule has 1 aliphatic rings. The van der Waals surface area contributed by atoms with Crippen molar-refractivity contribution in [1.82, 2.24) is 19.5 Å². The molecule has 0 aromatic carbocycles. The van der Waals surface area contributed by atoms with Gasteiger partial charge in [0.25, 0.3) is 5.56 Å². The number of ether oxygens (including phenoxy) is 1. The van der Waals surface area contributed by atoms with Crippen LogP contribution in [0.5, 0.6) is 0 Å². The summed E-state index contributed by atoms with van der Waals surface area (Å²) in [7, 11) is -4.68. The number of phosphoric acid groups is 1. The summed E-state index contributed by atoms with van der Waals surface area (Å²) < 4.78 is 23.8. The van der Waals surface area contributed by atoms with E-state index in [1.807, 2.05) is 20.8 Å². The predicted octanol–water partition coefficient (Wildman–Crippen LogP) is 0.903. The van der Waals surface area contributed by atoms with Crippen LogP contribution in [0.2, 0.25) is 0 Å². The Hall–Kier alpha value is -1.78. The van der Waals surface area contributed by atoms with Gasteiger partial charge in [0.05, 0.1) is 18.5 Å². The minimum absolute atomic E-state index is 0.0588. The van der Waals surface area contributed by atoms with E-state index in [1.165, 1.54) is 10.9 Å². The van der Waals surface area contributed by atoms with Gasteiger partial charge in [-0.15, -0.1) is 0 Å². The van der Waals surface area contributed by atoms with Gasteiger partial charge in [-0.05, 0) is 11.8 Å². The first-order chi connectivity index (χ1) is 11.9. The smallest absolute Gasteiger partial charge is 0.369 e. The van der Waals surface area contributed by atoms with E-state index in [4.69, 9.17) is 15.0 Å². The van der Waals surface area contributed by atoms with E-state index in [0.717, 1.165) is 0 Å². The van der Waals surface area contributed by atoms with Gasteiger partial charge < -0.3 is 20.3 Å². The van der Waals surface area contributed by atoms with Crippen LogP contribution in [-0.4, -0.2) is 41.5 Å². The summed E-state index contributed by atoms with van der Waals surface area (Å²) in [6.07, 6.45) is 0.104. The minimum Gasteiger partial charge on any atom is -0.369 e. The van der Waals surface area contributed by atoms with Gasteiger partial charge >= 0.3 is 7.82 Å². The standard InChI is InChI=1S/C14H22N5O6P/c1-14(2,3)5-8-7(25-26(21,22)23)4-9(24-8)19-6-16-10-11(19)17-13(15)18-12(10)20/h6-9H,4-5H2,1-3H3,(H2,21,22,23)(H3,15,17,18,20)/t7-,8-,9-/m1/s1. The highest BCUT2D eigenvalue weighted by molar-refractivity contribution is 7.46. The third-order valence-corrected chi connectivity index (χ3v) is 4.57. The van der Waals surface area contributed by atoms with Crippen molar-refractivity contribution in [3.05, 3.63) is 16.7 Å². The van der Waals surface area contributed by atoms with Crippen LogP contribution in [0.4, 0.5) is 5.95 Å². The predicted molar refractivity (Wildman–Crippen MR) is 92.1 cm³/mol. The van der Waals surface area contributed by atoms with Gasteiger partial charge in [0.2, 0.25) is 5.95 Å². The molecule has 0 spiro atoms. The quantitative estimate of drug-likeness (QED) is 0.558. The maximum atomic E-state index is 11.9. The lowest BCUT2D eigenvalue weighted by molar-refractivity contribution is -0.0349. The van der Waals surface area contributed by atoms with Gasteiger partial charge in [0.1, 0.15) is 6.23 Å². The molecule has 0 unspecified atom stereocenters. The molecule has 1 saturated heterocycles. The monoisotopic (exact) mass is 387 g/mol. The highest BCUT2D eigenvalue weighted by Crippen LogP contribution is 2.46. The van der Waals surface area contributed by atoms with E-state index in [2.05, 4.69) is 15.0 Å². The largest absolute Gasteiger partial charge is 0.469 e. The molecule has 26 heavy (non-hydrogen) atoms. The van der Waals surface area contributed by atoms with Gasteiger partial charge in [-0.25, -0.2) is 9.55 Å². The molecule has 3 atom stereocenters. The molecule has 2 aromatic rings. The number of H-pyrrole nitrogens is 1. The van der Waals surface area contributed by atoms with Crippen LogP contribution >= 0.6 is 7.82 Å². The number of hydrogen-bond donors (Lipinski definition) is 4. The first-order valence-corrected chi connectivity index (χ1v) is 9.58. The Morgan fingerprint density at radius 1 is 1.50 bits per heavy atom. The molecular formula is C14H22N5O6P. The molecule has 1 aliphatic heterocycles. The van der Waals surface area contributed by atoms with Crippen molar-refractivity contribution in [2.75, 3.05) is 5.73 Å². The normalized spacial score (nSPS) is 24.4. The second-order valence-electron chi connectivity index (χ2n) is 7.54. The van der Waals surface area contributed by atoms with E-state index >= 15 is 0 Å². The van der Waals surface area contributed by atoms with E-state index in [0.29, 0.717) is 6.42 Å². The lowest BCUT2D eigenvalue weighted by atomic mass is 9.87. The van der Waals surface area contributed by atoms with Crippen LogP contribution in [0, 0.1) is 5.41 Å². The molecule has 1 fully saturated rings. The molecule has 3 heterocycles. The topological polar surface area (TPSA) is 166 Å². The fraction of sp³-hybridized carbons (Fsp3) is 0.643. The average Bonchev–Trinajstić information content (AvgIpc) is 3.00. The number of fused-ring (bicyclic) bond motifs is 1. The zero-order valence-electron chi connectivity index (χ0n) is 14.6. The van der Waals surface area contributed by atoms with Crippen LogP contribution < -0.4 is 11.3 Å². The summed E-state index contributed by atoms with van der Waals surface area (Å²) >= 11 is 0. The molecule has 11 nitrogen and oxygen atoms in total. The van der Waals surface area contributed by atoms with E-state index in [-0.39, 0.29) is 28.9 Å². The van der Waals surface area contributed by atoms with Crippen molar-refractivity contribution >= 4 is 24.9 Å². The van der Waals surface area contributed by atoms with Gasteiger partial charge in [-0.1, -0.05) is 20.8 Å². The highest BCUT2D eigenvalue weighted by Gasteiger charge is 2.42. The molecular weight excluding hydrogens is 365 g/mol. The number of nitrogens with two attached hydrogens (primary N) is 1. The van der Waals surface area contributed by atoms with Crippen LogP contribution in [0.25, 0.3) is 11.2 Å². The molecule has 0 aliphatic carbocycles. The van der Waals surface area contributed by atoms with Gasteiger partial charge in [0.15, 0.2) is 11.2 Å². The molecule has 5 N–H and O–H groups in total. The molecule has 3 rings (SSSR count). The molecule has 0 amide bonds. The number of phosphoric ester groups is 1. The molecule has 12 heteroatoms. The maximum Gasteiger partial charge on any atom is 0.469 e. The number of nitrogen functional groups attached to an aromatic ring is 1. The number of imidazole rings is 1. The SMILES string of the molecule is CC(C)(C)C[C@H]1O[C@@H](n2cnc3c(=O)[nH]c(N)nc32)C[C@H]1OP(=O)(O)O. The number of aromatic amines is 1. The Morgan fingerprint density at radius 3 is 2.81 bits per heavy atom. The number of hydrogen-bond acceptors (Lipinski definition) is 7. The fourth-order valence-electron chi connectivity index (χ4n) is 3.10. The Balaban J connectivity index is 1.94. The van der Waals surface area contributed by atoms with Crippen molar-refractivity contribution in [2.45, 2.75) is 52.0 Å². The second-order valence-corrected chi connectivity index (χ2v) is 8.73.